The van der Waals surface area contributed by atoms with Crippen molar-refractivity contribution in [1.82, 2.24) is 15.0 Å². The Kier molecular flexibility index (Phi) is 4.66. The number of anilines is 1. The fourth-order valence-electron chi connectivity index (χ4n) is 3.86. The summed E-state index contributed by atoms with van der Waals surface area (Å²) < 4.78 is 4.96. The third-order valence-electron chi connectivity index (χ3n) is 4.80. The van der Waals surface area contributed by atoms with E-state index in [1.54, 1.807) is 19.9 Å². The fourth-order valence-corrected chi connectivity index (χ4v) is 3.86. The van der Waals surface area contributed by atoms with Crippen LogP contribution in [0.4, 0.5) is 5.82 Å². The van der Waals surface area contributed by atoms with Gasteiger partial charge in [0.25, 0.3) is 0 Å². The molecule has 0 bridgehead atoms. The van der Waals surface area contributed by atoms with Crippen molar-refractivity contribution < 1.29 is 14.1 Å². The molecule has 126 valence electrons. The number of aromatic nitrogens is 1. The van der Waals surface area contributed by atoms with Gasteiger partial charge in [-0.2, -0.15) is 0 Å². The molecule has 3 heterocycles. The highest BCUT2D eigenvalue weighted by Crippen LogP contribution is 2.29. The molecule has 0 saturated carbocycles. The lowest BCUT2D eigenvalue weighted by Crippen LogP contribution is -2.49. The second-order valence-corrected chi connectivity index (χ2v) is 6.47. The van der Waals surface area contributed by atoms with E-state index in [1.165, 1.54) is 0 Å². The molecular formula is C16H24N4O3. The van der Waals surface area contributed by atoms with Crippen LogP contribution in [-0.2, 0) is 9.59 Å². The first-order valence-corrected chi connectivity index (χ1v) is 8.29. The summed E-state index contributed by atoms with van der Waals surface area (Å²) in [5.41, 5.74) is 0. The van der Waals surface area contributed by atoms with Crippen LogP contribution in [0.2, 0.25) is 0 Å². The maximum absolute atomic E-state index is 12.2. The summed E-state index contributed by atoms with van der Waals surface area (Å²) in [4.78, 5) is 28.2. The Bertz CT molecular complexity index is 586. The summed E-state index contributed by atoms with van der Waals surface area (Å²) in [7, 11) is 0. The first kappa shape index (κ1) is 16.0. The summed E-state index contributed by atoms with van der Waals surface area (Å²) in [5.74, 6) is 1.18. The summed E-state index contributed by atoms with van der Waals surface area (Å²) >= 11 is 0. The maximum atomic E-state index is 12.2. The normalized spacial score (nSPS) is 25.0. The van der Waals surface area contributed by atoms with Gasteiger partial charge in [0, 0.05) is 31.6 Å². The van der Waals surface area contributed by atoms with Gasteiger partial charge in [0.15, 0.2) is 5.82 Å². The summed E-state index contributed by atoms with van der Waals surface area (Å²) in [6, 6.07) is 2.23. The van der Waals surface area contributed by atoms with E-state index in [2.05, 4.69) is 15.4 Å². The van der Waals surface area contributed by atoms with E-state index in [0.717, 1.165) is 38.8 Å². The van der Waals surface area contributed by atoms with Crippen LogP contribution in [0, 0.1) is 6.92 Å². The van der Waals surface area contributed by atoms with Crippen molar-refractivity contribution in [1.29, 1.82) is 0 Å². The van der Waals surface area contributed by atoms with Crippen molar-refractivity contribution in [3.63, 3.8) is 0 Å². The van der Waals surface area contributed by atoms with Gasteiger partial charge in [0.1, 0.15) is 5.76 Å². The Morgan fingerprint density at radius 3 is 2.74 bits per heavy atom. The molecule has 2 saturated heterocycles. The Hall–Kier alpha value is -1.89. The summed E-state index contributed by atoms with van der Waals surface area (Å²) in [5, 5.41) is 6.55. The average molecular weight is 320 g/mol. The molecule has 0 unspecified atom stereocenters. The first-order valence-electron chi connectivity index (χ1n) is 8.29. The zero-order valence-electron chi connectivity index (χ0n) is 13.7. The summed E-state index contributed by atoms with van der Waals surface area (Å²) in [6.45, 7) is 5.50. The zero-order chi connectivity index (χ0) is 16.4. The number of aryl methyl sites for hydroxylation is 1. The minimum Gasteiger partial charge on any atom is -0.360 e. The van der Waals surface area contributed by atoms with Gasteiger partial charge in [-0.3, -0.25) is 14.5 Å². The van der Waals surface area contributed by atoms with Gasteiger partial charge in [-0.05, 0) is 39.2 Å². The van der Waals surface area contributed by atoms with Crippen LogP contribution in [0.15, 0.2) is 10.6 Å². The Morgan fingerprint density at radius 1 is 1.30 bits per heavy atom. The van der Waals surface area contributed by atoms with Crippen molar-refractivity contribution in [3.05, 3.63) is 11.8 Å². The Labute approximate surface area is 136 Å². The van der Waals surface area contributed by atoms with Crippen molar-refractivity contribution in [2.24, 2.45) is 0 Å². The van der Waals surface area contributed by atoms with Gasteiger partial charge in [0.05, 0.1) is 6.54 Å². The maximum Gasteiger partial charge on any atom is 0.239 e. The molecular weight excluding hydrogens is 296 g/mol. The SMILES string of the molecule is CC(=O)N1CCC[C@@H]1[C@@H]1CCCN1CC(=O)Nc1cc(C)on1. The van der Waals surface area contributed by atoms with Gasteiger partial charge in [0.2, 0.25) is 11.8 Å². The number of hydrogen-bond donors (Lipinski definition) is 1. The van der Waals surface area contributed by atoms with E-state index < -0.39 is 0 Å². The van der Waals surface area contributed by atoms with Gasteiger partial charge >= 0.3 is 0 Å². The number of carbonyl (C=O) groups is 2. The number of nitrogens with one attached hydrogen (secondary N) is 1. The van der Waals surface area contributed by atoms with Gasteiger partial charge in [-0.15, -0.1) is 0 Å². The Morgan fingerprint density at radius 2 is 2.04 bits per heavy atom. The molecule has 2 aliphatic rings. The molecule has 2 aliphatic heterocycles. The van der Waals surface area contributed by atoms with Gasteiger partial charge in [-0.25, -0.2) is 0 Å². The third kappa shape index (κ3) is 3.55. The van der Waals surface area contributed by atoms with Crippen molar-refractivity contribution in [2.45, 2.75) is 51.6 Å². The second kappa shape index (κ2) is 6.70. The van der Waals surface area contributed by atoms with Gasteiger partial charge < -0.3 is 14.7 Å². The molecule has 1 N–H and O–H groups in total. The molecule has 2 amide bonds. The topological polar surface area (TPSA) is 78.7 Å². The highest BCUT2D eigenvalue weighted by molar-refractivity contribution is 5.91. The van der Waals surface area contributed by atoms with Crippen LogP contribution in [0.25, 0.3) is 0 Å². The number of nitrogens with zero attached hydrogens (tertiary/aromatic N) is 3. The van der Waals surface area contributed by atoms with E-state index >= 15 is 0 Å². The van der Waals surface area contributed by atoms with Crippen LogP contribution < -0.4 is 5.32 Å². The van der Waals surface area contributed by atoms with Crippen LogP contribution in [0.3, 0.4) is 0 Å². The minimum absolute atomic E-state index is 0.0856. The van der Waals surface area contributed by atoms with Crippen molar-refractivity contribution in [2.75, 3.05) is 25.0 Å². The van der Waals surface area contributed by atoms with E-state index in [1.807, 2.05) is 4.90 Å². The standard InChI is InChI=1S/C16H24N4O3/c1-11-9-15(18-23-11)17-16(22)10-19-7-3-5-13(19)14-6-4-8-20(14)12(2)21/h9,13-14H,3-8,10H2,1-2H3,(H,17,18,22)/t13-,14+/m0/s1. The van der Waals surface area contributed by atoms with E-state index in [4.69, 9.17) is 4.52 Å². The van der Waals surface area contributed by atoms with Gasteiger partial charge in [-0.1, -0.05) is 5.16 Å². The minimum atomic E-state index is -0.0856. The second-order valence-electron chi connectivity index (χ2n) is 6.47. The molecule has 0 aliphatic carbocycles. The first-order chi connectivity index (χ1) is 11.0. The number of rotatable bonds is 4. The monoisotopic (exact) mass is 320 g/mol. The third-order valence-corrected chi connectivity index (χ3v) is 4.80. The molecule has 23 heavy (non-hydrogen) atoms. The lowest BCUT2D eigenvalue weighted by molar-refractivity contribution is -0.130. The van der Waals surface area contributed by atoms with E-state index in [9.17, 15) is 9.59 Å². The molecule has 2 atom stereocenters. The van der Waals surface area contributed by atoms with E-state index in [-0.39, 0.29) is 23.9 Å². The zero-order valence-corrected chi connectivity index (χ0v) is 13.7. The highest BCUT2D eigenvalue weighted by Gasteiger charge is 2.39. The number of carbonyl (C=O) groups excluding carboxylic acids is 2. The molecule has 7 heteroatoms. The van der Waals surface area contributed by atoms with Crippen LogP contribution in [0.5, 0.6) is 0 Å². The average Bonchev–Trinajstić information content (AvgIpc) is 3.18. The lowest BCUT2D eigenvalue weighted by Gasteiger charge is -2.34. The molecule has 3 rings (SSSR count). The largest absolute Gasteiger partial charge is 0.360 e. The molecule has 1 aromatic heterocycles. The predicted molar refractivity (Wildman–Crippen MR) is 84.9 cm³/mol. The molecule has 0 spiro atoms. The number of likely N-dealkylation sites (tertiary alicyclic amines) is 2. The number of amides is 2. The quantitative estimate of drug-likeness (QED) is 0.907. The number of hydrogen-bond acceptors (Lipinski definition) is 5. The van der Waals surface area contributed by atoms with E-state index in [0.29, 0.717) is 18.1 Å². The molecule has 7 nitrogen and oxygen atoms in total. The fraction of sp³-hybridized carbons (Fsp3) is 0.688. The lowest BCUT2D eigenvalue weighted by atomic mass is 10.0. The smallest absolute Gasteiger partial charge is 0.239 e. The van der Waals surface area contributed by atoms with Crippen LogP contribution in [-0.4, -0.2) is 58.5 Å². The van der Waals surface area contributed by atoms with Crippen molar-refractivity contribution >= 4 is 17.6 Å². The molecule has 0 radical (unpaired) electrons. The predicted octanol–water partition coefficient (Wildman–Crippen LogP) is 1.40. The van der Waals surface area contributed by atoms with Crippen LogP contribution in [0.1, 0.15) is 38.4 Å². The Balaban J connectivity index is 1.60. The van der Waals surface area contributed by atoms with Crippen LogP contribution >= 0.6 is 0 Å². The highest BCUT2D eigenvalue weighted by atomic mass is 16.5. The summed E-state index contributed by atoms with van der Waals surface area (Å²) in [6.07, 6.45) is 4.21. The van der Waals surface area contributed by atoms with Crippen molar-refractivity contribution in [3.8, 4) is 0 Å². The molecule has 0 aromatic carbocycles. The molecule has 2 fully saturated rings. The molecule has 1 aromatic rings.